The van der Waals surface area contributed by atoms with E-state index in [1.54, 1.807) is 7.11 Å². The predicted octanol–water partition coefficient (Wildman–Crippen LogP) is 2.50. The van der Waals surface area contributed by atoms with Crippen LogP contribution in [0.25, 0.3) is 11.4 Å². The molecular formula is C14H18BrN5O. The van der Waals surface area contributed by atoms with Gasteiger partial charge in [-0.3, -0.25) is 0 Å². The molecule has 21 heavy (non-hydrogen) atoms. The Morgan fingerprint density at radius 2 is 2.24 bits per heavy atom. The molecule has 2 aromatic rings. The van der Waals surface area contributed by atoms with Gasteiger partial charge >= 0.3 is 0 Å². The van der Waals surface area contributed by atoms with Gasteiger partial charge in [-0.1, -0.05) is 6.07 Å². The highest BCUT2D eigenvalue weighted by Gasteiger charge is 2.43. The Kier molecular flexibility index (Phi) is 3.95. The highest BCUT2D eigenvalue weighted by molar-refractivity contribution is 9.10. The molecule has 0 amide bonds. The monoisotopic (exact) mass is 351 g/mol. The van der Waals surface area contributed by atoms with Crippen LogP contribution in [0.4, 0.5) is 5.69 Å². The summed E-state index contributed by atoms with van der Waals surface area (Å²) in [6.07, 6.45) is 3.45. The van der Waals surface area contributed by atoms with E-state index in [9.17, 15) is 0 Å². The van der Waals surface area contributed by atoms with Gasteiger partial charge in [-0.2, -0.15) is 0 Å². The topological polar surface area (TPSA) is 78.8 Å². The van der Waals surface area contributed by atoms with Crippen molar-refractivity contribution in [2.75, 3.05) is 19.5 Å². The van der Waals surface area contributed by atoms with Crippen molar-refractivity contribution in [1.29, 1.82) is 0 Å². The first-order valence-corrected chi connectivity index (χ1v) is 7.74. The fraction of sp³-hybridized carbons (Fsp3) is 0.500. The maximum atomic E-state index is 5.94. The molecular weight excluding hydrogens is 334 g/mol. The van der Waals surface area contributed by atoms with Crippen molar-refractivity contribution >= 4 is 21.6 Å². The smallest absolute Gasteiger partial charge is 0.183 e. The molecule has 1 aliphatic carbocycles. The Bertz CT molecular complexity index is 638. The molecule has 3 rings (SSSR count). The molecule has 0 bridgehead atoms. The molecule has 2 N–H and O–H groups in total. The van der Waals surface area contributed by atoms with E-state index in [0.29, 0.717) is 5.69 Å². The van der Waals surface area contributed by atoms with E-state index in [4.69, 9.17) is 10.5 Å². The van der Waals surface area contributed by atoms with Crippen molar-refractivity contribution in [3.63, 3.8) is 0 Å². The summed E-state index contributed by atoms with van der Waals surface area (Å²) >= 11 is 3.52. The Morgan fingerprint density at radius 3 is 2.95 bits per heavy atom. The van der Waals surface area contributed by atoms with Crippen LogP contribution in [0.1, 0.15) is 19.3 Å². The van der Waals surface area contributed by atoms with Crippen LogP contribution in [0.2, 0.25) is 0 Å². The zero-order valence-electron chi connectivity index (χ0n) is 11.9. The third kappa shape index (κ3) is 2.94. The number of halogens is 1. The van der Waals surface area contributed by atoms with E-state index in [1.165, 1.54) is 12.8 Å². The third-order valence-corrected chi connectivity index (χ3v) is 4.97. The van der Waals surface area contributed by atoms with Gasteiger partial charge in [0.2, 0.25) is 0 Å². The molecule has 1 aromatic heterocycles. The Morgan fingerprint density at radius 1 is 1.43 bits per heavy atom. The molecule has 1 aromatic carbocycles. The molecule has 0 atom stereocenters. The highest BCUT2D eigenvalue weighted by atomic mass is 79.9. The Labute approximate surface area is 131 Å². The van der Waals surface area contributed by atoms with Crippen molar-refractivity contribution in [3.8, 4) is 11.4 Å². The second-order valence-electron chi connectivity index (χ2n) is 5.61. The molecule has 7 heteroatoms. The van der Waals surface area contributed by atoms with Gasteiger partial charge < -0.3 is 10.5 Å². The molecule has 0 radical (unpaired) electrons. The number of anilines is 1. The largest absolute Gasteiger partial charge is 0.398 e. The molecule has 1 fully saturated rings. The van der Waals surface area contributed by atoms with E-state index in [0.717, 1.165) is 35.4 Å². The molecule has 1 heterocycles. The van der Waals surface area contributed by atoms with Crippen LogP contribution in [0, 0.1) is 5.41 Å². The lowest BCUT2D eigenvalue weighted by molar-refractivity contribution is 0.165. The van der Waals surface area contributed by atoms with Crippen LogP contribution in [0.3, 0.4) is 0 Å². The SMILES string of the molecule is COCCC1(Cn2nnnc2-c2cccc(N)c2Br)CC1. The van der Waals surface area contributed by atoms with Gasteiger partial charge in [-0.25, -0.2) is 4.68 Å². The maximum absolute atomic E-state index is 5.94. The van der Waals surface area contributed by atoms with Crippen molar-refractivity contribution in [1.82, 2.24) is 20.2 Å². The molecule has 1 saturated carbocycles. The number of tetrazole rings is 1. The van der Waals surface area contributed by atoms with E-state index in [-0.39, 0.29) is 5.41 Å². The summed E-state index contributed by atoms with van der Waals surface area (Å²) < 4.78 is 7.91. The molecule has 1 aliphatic rings. The molecule has 0 saturated heterocycles. The van der Waals surface area contributed by atoms with Crippen molar-refractivity contribution in [3.05, 3.63) is 22.7 Å². The molecule has 6 nitrogen and oxygen atoms in total. The van der Waals surface area contributed by atoms with Crippen LogP contribution in [0.5, 0.6) is 0 Å². The first kappa shape index (κ1) is 14.5. The predicted molar refractivity (Wildman–Crippen MR) is 83.5 cm³/mol. The zero-order chi connectivity index (χ0) is 14.9. The fourth-order valence-corrected chi connectivity index (χ4v) is 2.97. The summed E-state index contributed by atoms with van der Waals surface area (Å²) in [5.74, 6) is 0.748. The van der Waals surface area contributed by atoms with Crippen molar-refractivity contribution < 1.29 is 4.74 Å². The number of nitrogen functional groups attached to an aromatic ring is 1. The van der Waals surface area contributed by atoms with E-state index in [2.05, 4.69) is 31.5 Å². The molecule has 0 unspecified atom stereocenters. The first-order valence-electron chi connectivity index (χ1n) is 6.95. The number of nitrogens with zero attached hydrogens (tertiary/aromatic N) is 4. The van der Waals surface area contributed by atoms with Crippen molar-refractivity contribution in [2.24, 2.45) is 5.41 Å². The summed E-state index contributed by atoms with van der Waals surface area (Å²) in [5, 5.41) is 12.1. The average molecular weight is 352 g/mol. The Hall–Kier alpha value is -1.47. The van der Waals surface area contributed by atoms with Crippen LogP contribution >= 0.6 is 15.9 Å². The zero-order valence-corrected chi connectivity index (χ0v) is 13.5. The van der Waals surface area contributed by atoms with E-state index in [1.807, 2.05) is 22.9 Å². The van der Waals surface area contributed by atoms with Crippen LogP contribution in [-0.4, -0.2) is 33.9 Å². The minimum atomic E-state index is 0.285. The van der Waals surface area contributed by atoms with Gasteiger partial charge in [0.15, 0.2) is 5.82 Å². The summed E-state index contributed by atoms with van der Waals surface area (Å²) in [4.78, 5) is 0. The first-order chi connectivity index (χ1) is 10.2. The molecule has 112 valence electrons. The Balaban J connectivity index is 1.86. The fourth-order valence-electron chi connectivity index (χ4n) is 2.53. The number of ether oxygens (including phenoxy) is 1. The second-order valence-corrected chi connectivity index (χ2v) is 6.40. The van der Waals surface area contributed by atoms with Gasteiger partial charge in [0.1, 0.15) is 0 Å². The number of aromatic nitrogens is 4. The van der Waals surface area contributed by atoms with Gasteiger partial charge in [-0.05, 0) is 63.2 Å². The van der Waals surface area contributed by atoms with Crippen LogP contribution in [-0.2, 0) is 11.3 Å². The lowest BCUT2D eigenvalue weighted by Gasteiger charge is -2.15. The summed E-state index contributed by atoms with van der Waals surface area (Å²) in [6, 6.07) is 5.73. The minimum Gasteiger partial charge on any atom is -0.398 e. The maximum Gasteiger partial charge on any atom is 0.183 e. The molecule has 0 spiro atoms. The average Bonchev–Trinajstić information content (AvgIpc) is 3.09. The third-order valence-electron chi connectivity index (χ3n) is 4.08. The minimum absolute atomic E-state index is 0.285. The number of hydrogen-bond donors (Lipinski definition) is 1. The number of benzene rings is 1. The number of rotatable bonds is 6. The van der Waals surface area contributed by atoms with Crippen molar-refractivity contribution in [2.45, 2.75) is 25.8 Å². The number of methoxy groups -OCH3 is 1. The van der Waals surface area contributed by atoms with Gasteiger partial charge in [0, 0.05) is 25.0 Å². The van der Waals surface area contributed by atoms with E-state index < -0.39 is 0 Å². The van der Waals surface area contributed by atoms with Gasteiger partial charge in [0.05, 0.1) is 11.0 Å². The number of nitrogens with two attached hydrogens (primary N) is 1. The summed E-state index contributed by atoms with van der Waals surface area (Å²) in [7, 11) is 1.74. The summed E-state index contributed by atoms with van der Waals surface area (Å²) in [6.45, 7) is 1.60. The lowest BCUT2D eigenvalue weighted by Crippen LogP contribution is -2.16. The molecule has 0 aliphatic heterocycles. The summed E-state index contributed by atoms with van der Waals surface area (Å²) in [5.41, 5.74) is 7.83. The second kappa shape index (κ2) is 5.73. The van der Waals surface area contributed by atoms with Gasteiger partial charge in [-0.15, -0.1) is 5.10 Å². The quantitative estimate of drug-likeness (QED) is 0.808. The van der Waals surface area contributed by atoms with E-state index >= 15 is 0 Å². The highest BCUT2D eigenvalue weighted by Crippen LogP contribution is 2.50. The van der Waals surface area contributed by atoms with Crippen LogP contribution in [0.15, 0.2) is 22.7 Å². The normalized spacial score (nSPS) is 16.1. The lowest BCUT2D eigenvalue weighted by atomic mass is 10.0. The standard InChI is InChI=1S/C14H18BrN5O/c1-21-8-7-14(5-6-14)9-20-13(17-18-19-20)10-3-2-4-11(16)12(10)15/h2-4H,5-9,16H2,1H3. The number of hydrogen-bond acceptors (Lipinski definition) is 5. The van der Waals surface area contributed by atoms with Crippen LogP contribution < -0.4 is 5.73 Å². The van der Waals surface area contributed by atoms with Gasteiger partial charge in [0.25, 0.3) is 0 Å².